The first-order valence-corrected chi connectivity index (χ1v) is 8.24. The van der Waals surface area contributed by atoms with Crippen LogP contribution in [0.5, 0.6) is 0 Å². The third-order valence-corrected chi connectivity index (χ3v) is 4.85. The van der Waals surface area contributed by atoms with Gasteiger partial charge >= 0.3 is 0 Å². The van der Waals surface area contributed by atoms with Gasteiger partial charge in [0.15, 0.2) is 5.96 Å². The SMILES string of the molecule is CCNC(=NCc1ccccn1)N1CCC2(CCCC2)C1.I. The Hall–Kier alpha value is -0.850. The maximum Gasteiger partial charge on any atom is 0.194 e. The number of aliphatic imine (C=N–C) groups is 1. The normalized spacial score (nSPS) is 20.2. The van der Waals surface area contributed by atoms with E-state index in [2.05, 4.69) is 22.1 Å². The molecule has 122 valence electrons. The summed E-state index contributed by atoms with van der Waals surface area (Å²) in [6.07, 6.45) is 8.80. The number of pyridine rings is 1. The summed E-state index contributed by atoms with van der Waals surface area (Å²) >= 11 is 0. The monoisotopic (exact) mass is 414 g/mol. The number of guanidine groups is 1. The Morgan fingerprint density at radius 2 is 2.14 bits per heavy atom. The van der Waals surface area contributed by atoms with Gasteiger partial charge in [-0.05, 0) is 43.7 Å². The number of likely N-dealkylation sites (tertiary alicyclic amines) is 1. The van der Waals surface area contributed by atoms with E-state index >= 15 is 0 Å². The van der Waals surface area contributed by atoms with Gasteiger partial charge in [-0.1, -0.05) is 18.9 Å². The second kappa shape index (κ2) is 8.13. The number of nitrogens with zero attached hydrogens (tertiary/aromatic N) is 3. The molecule has 5 heteroatoms. The number of aromatic nitrogens is 1. The fourth-order valence-corrected chi connectivity index (χ4v) is 3.72. The van der Waals surface area contributed by atoms with E-state index < -0.39 is 0 Å². The van der Waals surface area contributed by atoms with Crippen molar-refractivity contribution in [2.45, 2.75) is 45.6 Å². The van der Waals surface area contributed by atoms with Crippen LogP contribution in [0, 0.1) is 5.41 Å². The van der Waals surface area contributed by atoms with E-state index in [1.807, 2.05) is 24.4 Å². The molecule has 2 heterocycles. The predicted octanol–water partition coefficient (Wildman–Crippen LogP) is 3.43. The van der Waals surface area contributed by atoms with Gasteiger partial charge in [-0.15, -0.1) is 24.0 Å². The fraction of sp³-hybridized carbons (Fsp3) is 0.647. The third-order valence-electron chi connectivity index (χ3n) is 4.85. The molecule has 1 aliphatic heterocycles. The summed E-state index contributed by atoms with van der Waals surface area (Å²) in [5.74, 6) is 1.06. The average Bonchev–Trinajstić information content (AvgIpc) is 3.15. The molecular weight excluding hydrogens is 387 g/mol. The van der Waals surface area contributed by atoms with E-state index in [1.165, 1.54) is 38.6 Å². The van der Waals surface area contributed by atoms with Crippen molar-refractivity contribution < 1.29 is 0 Å². The van der Waals surface area contributed by atoms with Crippen molar-refractivity contribution >= 4 is 29.9 Å². The number of halogens is 1. The molecule has 1 N–H and O–H groups in total. The highest BCUT2D eigenvalue weighted by Gasteiger charge is 2.41. The maximum absolute atomic E-state index is 4.79. The van der Waals surface area contributed by atoms with E-state index in [0.29, 0.717) is 12.0 Å². The lowest BCUT2D eigenvalue weighted by atomic mass is 9.86. The Bertz CT molecular complexity index is 483. The molecule has 0 bridgehead atoms. The fourth-order valence-electron chi connectivity index (χ4n) is 3.72. The Labute approximate surface area is 150 Å². The lowest BCUT2D eigenvalue weighted by Gasteiger charge is -2.25. The van der Waals surface area contributed by atoms with E-state index in [1.54, 1.807) is 0 Å². The molecule has 0 radical (unpaired) electrons. The number of rotatable bonds is 3. The van der Waals surface area contributed by atoms with Crippen LogP contribution in [0.3, 0.4) is 0 Å². The zero-order valence-electron chi connectivity index (χ0n) is 13.4. The molecule has 4 nitrogen and oxygen atoms in total. The summed E-state index contributed by atoms with van der Waals surface area (Å²) in [4.78, 5) is 11.6. The summed E-state index contributed by atoms with van der Waals surface area (Å²) < 4.78 is 0. The van der Waals surface area contributed by atoms with Gasteiger partial charge in [0.05, 0.1) is 12.2 Å². The second-order valence-corrected chi connectivity index (χ2v) is 6.37. The molecule has 1 saturated heterocycles. The highest BCUT2D eigenvalue weighted by molar-refractivity contribution is 14.0. The highest BCUT2D eigenvalue weighted by Crippen LogP contribution is 2.45. The number of hydrogen-bond acceptors (Lipinski definition) is 2. The summed E-state index contributed by atoms with van der Waals surface area (Å²) in [6, 6.07) is 6.01. The van der Waals surface area contributed by atoms with Crippen molar-refractivity contribution in [2.24, 2.45) is 10.4 Å². The van der Waals surface area contributed by atoms with Gasteiger partial charge in [0.2, 0.25) is 0 Å². The Morgan fingerprint density at radius 1 is 1.32 bits per heavy atom. The standard InChI is InChI=1S/C17H26N4.HI/c1-2-18-16(20-13-15-7-3-6-11-19-15)21-12-10-17(14-21)8-4-5-9-17;/h3,6-7,11H,2,4-5,8-10,12-14H2,1H3,(H,18,20);1H. The molecule has 0 unspecified atom stereocenters. The Balaban J connectivity index is 0.00000176. The van der Waals surface area contributed by atoms with Crippen molar-refractivity contribution in [3.8, 4) is 0 Å². The molecule has 2 fully saturated rings. The van der Waals surface area contributed by atoms with Crippen molar-refractivity contribution in [2.75, 3.05) is 19.6 Å². The molecule has 0 amide bonds. The minimum Gasteiger partial charge on any atom is -0.357 e. The molecule has 0 atom stereocenters. The minimum absolute atomic E-state index is 0. The maximum atomic E-state index is 4.79. The Kier molecular flexibility index (Phi) is 6.47. The van der Waals surface area contributed by atoms with Gasteiger partial charge in [-0.2, -0.15) is 0 Å². The summed E-state index contributed by atoms with van der Waals surface area (Å²) in [5, 5.41) is 3.45. The van der Waals surface area contributed by atoms with Gasteiger partial charge in [0.1, 0.15) is 0 Å². The first-order valence-electron chi connectivity index (χ1n) is 8.24. The van der Waals surface area contributed by atoms with Gasteiger partial charge in [0.25, 0.3) is 0 Å². The topological polar surface area (TPSA) is 40.5 Å². The molecule has 1 aromatic heterocycles. The van der Waals surface area contributed by atoms with Gasteiger partial charge in [0, 0.05) is 25.8 Å². The van der Waals surface area contributed by atoms with Crippen molar-refractivity contribution in [1.29, 1.82) is 0 Å². The van der Waals surface area contributed by atoms with Crippen LogP contribution < -0.4 is 5.32 Å². The average molecular weight is 414 g/mol. The van der Waals surface area contributed by atoms with Gasteiger partial charge in [-0.25, -0.2) is 4.99 Å². The smallest absolute Gasteiger partial charge is 0.194 e. The van der Waals surface area contributed by atoms with E-state index in [4.69, 9.17) is 4.99 Å². The molecule has 1 aromatic rings. The number of nitrogens with one attached hydrogen (secondary N) is 1. The van der Waals surface area contributed by atoms with Crippen molar-refractivity contribution in [1.82, 2.24) is 15.2 Å². The lowest BCUT2D eigenvalue weighted by Crippen LogP contribution is -2.41. The van der Waals surface area contributed by atoms with E-state index in [9.17, 15) is 0 Å². The molecule has 0 aromatic carbocycles. The molecule has 1 aliphatic carbocycles. The first kappa shape index (κ1) is 17.5. The minimum atomic E-state index is 0. The van der Waals surface area contributed by atoms with Crippen molar-refractivity contribution in [3.05, 3.63) is 30.1 Å². The summed E-state index contributed by atoms with van der Waals surface area (Å²) in [5.41, 5.74) is 1.61. The predicted molar refractivity (Wildman–Crippen MR) is 102 cm³/mol. The zero-order valence-corrected chi connectivity index (χ0v) is 15.8. The quantitative estimate of drug-likeness (QED) is 0.468. The Morgan fingerprint density at radius 3 is 2.82 bits per heavy atom. The zero-order chi connectivity index (χ0) is 14.5. The van der Waals surface area contributed by atoms with Gasteiger partial charge in [-0.3, -0.25) is 4.98 Å². The second-order valence-electron chi connectivity index (χ2n) is 6.37. The van der Waals surface area contributed by atoms with E-state index in [-0.39, 0.29) is 24.0 Å². The van der Waals surface area contributed by atoms with E-state index in [0.717, 1.165) is 24.7 Å². The summed E-state index contributed by atoms with van der Waals surface area (Å²) in [7, 11) is 0. The molecule has 3 rings (SSSR count). The molecule has 1 saturated carbocycles. The first-order chi connectivity index (χ1) is 10.3. The third kappa shape index (κ3) is 4.12. The van der Waals surface area contributed by atoms with Crippen LogP contribution in [0.25, 0.3) is 0 Å². The van der Waals surface area contributed by atoms with Crippen molar-refractivity contribution in [3.63, 3.8) is 0 Å². The highest BCUT2D eigenvalue weighted by atomic mass is 127. The van der Waals surface area contributed by atoms with Crippen LogP contribution in [0.1, 0.15) is 44.7 Å². The molecule has 22 heavy (non-hydrogen) atoms. The van der Waals surface area contributed by atoms with Gasteiger partial charge < -0.3 is 10.2 Å². The van der Waals surface area contributed by atoms with Crippen LogP contribution >= 0.6 is 24.0 Å². The molecular formula is C17H27IN4. The molecule has 1 spiro atoms. The van der Waals surface area contributed by atoms with Crippen LogP contribution in [0.15, 0.2) is 29.4 Å². The van der Waals surface area contributed by atoms with Crippen LogP contribution in [0.2, 0.25) is 0 Å². The van der Waals surface area contributed by atoms with Crippen LogP contribution in [-0.4, -0.2) is 35.5 Å². The molecule has 2 aliphatic rings. The summed E-state index contributed by atoms with van der Waals surface area (Å²) in [6.45, 7) is 6.05. The lowest BCUT2D eigenvalue weighted by molar-refractivity contribution is 0.309. The number of hydrogen-bond donors (Lipinski definition) is 1. The van der Waals surface area contributed by atoms with Crippen LogP contribution in [-0.2, 0) is 6.54 Å². The largest absolute Gasteiger partial charge is 0.357 e. The van der Waals surface area contributed by atoms with Crippen LogP contribution in [0.4, 0.5) is 0 Å².